The minimum atomic E-state index is -0.608. The molecule has 4 bridgehead atoms. The van der Waals surface area contributed by atoms with Gasteiger partial charge in [0.1, 0.15) is 11.6 Å². The zero-order valence-corrected chi connectivity index (χ0v) is 17.0. The molecule has 0 saturated heterocycles. The van der Waals surface area contributed by atoms with Crippen molar-refractivity contribution in [2.24, 2.45) is 22.2 Å². The van der Waals surface area contributed by atoms with Crippen LogP contribution in [0.25, 0.3) is 0 Å². The summed E-state index contributed by atoms with van der Waals surface area (Å²) in [6.45, 7) is 5.41. The molecule has 4 atom stereocenters. The van der Waals surface area contributed by atoms with Gasteiger partial charge in [-0.1, -0.05) is 37.4 Å². The third kappa shape index (κ3) is 2.91. The third-order valence-corrected chi connectivity index (χ3v) is 7.50. The highest BCUT2D eigenvalue weighted by molar-refractivity contribution is 7.97. The van der Waals surface area contributed by atoms with Crippen LogP contribution >= 0.6 is 23.5 Å². The van der Waals surface area contributed by atoms with Gasteiger partial charge in [0, 0.05) is 17.7 Å². The molecule has 4 aliphatic carbocycles. The largest absolute Gasteiger partial charge is 0.491 e. The van der Waals surface area contributed by atoms with Gasteiger partial charge in [0.2, 0.25) is 0 Å². The molecule has 3 nitrogen and oxygen atoms in total. The van der Waals surface area contributed by atoms with E-state index in [1.165, 1.54) is 44.2 Å². The lowest BCUT2D eigenvalue weighted by atomic mass is 9.61. The maximum atomic E-state index is 14.3. The minimum Gasteiger partial charge on any atom is -0.491 e. The van der Waals surface area contributed by atoms with E-state index in [0.717, 1.165) is 17.9 Å². The van der Waals surface area contributed by atoms with E-state index in [0.29, 0.717) is 23.2 Å². The fourth-order valence-electron chi connectivity index (χ4n) is 6.54. The summed E-state index contributed by atoms with van der Waals surface area (Å²) in [7, 11) is 0. The number of halogens is 2. The first-order valence-corrected chi connectivity index (χ1v) is 10.7. The number of amides is 1. The van der Waals surface area contributed by atoms with Gasteiger partial charge in [0.15, 0.2) is 0 Å². The number of rotatable bonds is 5. The molecule has 5 rings (SSSR count). The number of benzene rings is 1. The van der Waals surface area contributed by atoms with Crippen LogP contribution in [-0.2, 0) is 0 Å². The average molecular weight is 398 g/mol. The van der Waals surface area contributed by atoms with Crippen LogP contribution in [0.1, 0.15) is 56.3 Å². The molecule has 0 radical (unpaired) electrons. The first-order chi connectivity index (χ1) is 12.2. The Hall–Kier alpha value is -0.940. The molecule has 0 spiro atoms. The Balaban J connectivity index is 1.51. The lowest BCUT2D eigenvalue weighted by Crippen LogP contribution is -2.39. The third-order valence-electron chi connectivity index (χ3n) is 6.81. The van der Waals surface area contributed by atoms with Gasteiger partial charge in [-0.2, -0.15) is 0 Å². The standard InChI is InChI=1S/C20H25ClFNO2S/c1-18-6-12-7-20(9-18,10-19(12,2)8-18)11-25-16-5-15(22)13(4-14(16)21)17(24)23-26-3/h4-5,12H,6-11H2,1-3H3,(H,23,24). The van der Waals surface area contributed by atoms with Gasteiger partial charge < -0.3 is 4.74 Å². The van der Waals surface area contributed by atoms with Crippen LogP contribution in [0.5, 0.6) is 5.75 Å². The molecule has 0 aromatic heterocycles. The van der Waals surface area contributed by atoms with Crippen LogP contribution in [0, 0.1) is 28.0 Å². The molecule has 4 fully saturated rings. The highest BCUT2D eigenvalue weighted by Gasteiger charge is 2.66. The zero-order chi connectivity index (χ0) is 18.7. The predicted octanol–water partition coefficient (Wildman–Crippen LogP) is 5.47. The lowest BCUT2D eigenvalue weighted by Gasteiger charge is -2.45. The van der Waals surface area contributed by atoms with Gasteiger partial charge in [0.05, 0.1) is 17.2 Å². The Kier molecular flexibility index (Phi) is 4.27. The molecular weight excluding hydrogens is 373 g/mol. The molecular formula is C20H25ClFNO2S. The second kappa shape index (κ2) is 6.03. The zero-order valence-electron chi connectivity index (χ0n) is 15.5. The molecule has 1 aromatic rings. The van der Waals surface area contributed by atoms with Crippen molar-refractivity contribution in [3.8, 4) is 5.75 Å². The van der Waals surface area contributed by atoms with E-state index in [4.69, 9.17) is 16.3 Å². The molecule has 142 valence electrons. The molecule has 4 aliphatic rings. The lowest BCUT2D eigenvalue weighted by molar-refractivity contribution is 0.0182. The number of ether oxygens (including phenoxy) is 1. The van der Waals surface area contributed by atoms with Crippen LogP contribution in [0.2, 0.25) is 5.02 Å². The van der Waals surface area contributed by atoms with Crippen molar-refractivity contribution in [1.82, 2.24) is 4.72 Å². The number of hydrogen-bond donors (Lipinski definition) is 1. The average Bonchev–Trinajstić information content (AvgIpc) is 2.84. The van der Waals surface area contributed by atoms with Crippen molar-refractivity contribution in [3.63, 3.8) is 0 Å². The van der Waals surface area contributed by atoms with Gasteiger partial charge >= 0.3 is 0 Å². The van der Waals surface area contributed by atoms with Crippen molar-refractivity contribution in [1.29, 1.82) is 0 Å². The summed E-state index contributed by atoms with van der Waals surface area (Å²) < 4.78 is 22.9. The molecule has 6 heteroatoms. The van der Waals surface area contributed by atoms with Gasteiger partial charge in [-0.15, -0.1) is 0 Å². The number of carbonyl (C=O) groups excluding carboxylic acids is 1. The van der Waals surface area contributed by atoms with Crippen LogP contribution in [0.4, 0.5) is 4.39 Å². The van der Waals surface area contributed by atoms with Crippen LogP contribution in [0.15, 0.2) is 12.1 Å². The van der Waals surface area contributed by atoms with Gasteiger partial charge in [0.25, 0.3) is 5.91 Å². The first kappa shape index (κ1) is 18.4. The molecule has 4 unspecified atom stereocenters. The monoisotopic (exact) mass is 397 g/mol. The second-order valence-electron chi connectivity index (χ2n) is 9.29. The quantitative estimate of drug-likeness (QED) is 0.669. The van der Waals surface area contributed by atoms with Crippen molar-refractivity contribution >= 4 is 29.5 Å². The first-order valence-electron chi connectivity index (χ1n) is 9.13. The van der Waals surface area contributed by atoms with E-state index in [1.54, 1.807) is 6.26 Å². The number of nitrogens with one attached hydrogen (secondary N) is 1. The smallest absolute Gasteiger partial charge is 0.264 e. The van der Waals surface area contributed by atoms with Crippen LogP contribution in [0.3, 0.4) is 0 Å². The number of carbonyl (C=O) groups is 1. The summed E-state index contributed by atoms with van der Waals surface area (Å²) in [6, 6.07) is 2.60. The van der Waals surface area contributed by atoms with Gasteiger partial charge in [-0.3, -0.25) is 9.52 Å². The van der Waals surface area contributed by atoms with E-state index in [1.807, 2.05) is 0 Å². The summed E-state index contributed by atoms with van der Waals surface area (Å²) in [4.78, 5) is 11.9. The molecule has 0 heterocycles. The van der Waals surface area contributed by atoms with Crippen molar-refractivity contribution in [2.75, 3.05) is 12.9 Å². The van der Waals surface area contributed by atoms with E-state index in [2.05, 4.69) is 18.6 Å². The summed E-state index contributed by atoms with van der Waals surface area (Å²) in [5.74, 6) is 0.0176. The van der Waals surface area contributed by atoms with E-state index >= 15 is 0 Å². The number of hydrogen-bond acceptors (Lipinski definition) is 3. The van der Waals surface area contributed by atoms with Gasteiger partial charge in [-0.25, -0.2) is 4.39 Å². The van der Waals surface area contributed by atoms with Gasteiger partial charge in [-0.05, 0) is 54.9 Å². The minimum absolute atomic E-state index is 0.0604. The molecule has 1 aromatic carbocycles. The maximum Gasteiger partial charge on any atom is 0.264 e. The van der Waals surface area contributed by atoms with Crippen molar-refractivity contribution in [3.05, 3.63) is 28.5 Å². The van der Waals surface area contributed by atoms with Crippen molar-refractivity contribution in [2.45, 2.75) is 46.0 Å². The molecule has 1 N–H and O–H groups in total. The Morgan fingerprint density at radius 1 is 1.35 bits per heavy atom. The molecule has 4 saturated carbocycles. The van der Waals surface area contributed by atoms with E-state index in [9.17, 15) is 9.18 Å². The topological polar surface area (TPSA) is 38.3 Å². The fourth-order valence-corrected chi connectivity index (χ4v) is 7.05. The van der Waals surface area contributed by atoms with Crippen LogP contribution in [-0.4, -0.2) is 18.8 Å². The van der Waals surface area contributed by atoms with E-state index in [-0.39, 0.29) is 16.0 Å². The normalized spacial score (nSPS) is 37.2. The Morgan fingerprint density at radius 2 is 2.12 bits per heavy atom. The van der Waals surface area contributed by atoms with E-state index < -0.39 is 11.7 Å². The Labute approximate surface area is 163 Å². The van der Waals surface area contributed by atoms with Crippen molar-refractivity contribution < 1.29 is 13.9 Å². The maximum absolute atomic E-state index is 14.3. The highest BCUT2D eigenvalue weighted by atomic mass is 35.5. The van der Waals surface area contributed by atoms with Crippen LogP contribution < -0.4 is 9.46 Å². The summed E-state index contributed by atoms with van der Waals surface area (Å²) in [5, 5.41) is 0.280. The highest BCUT2D eigenvalue weighted by Crippen LogP contribution is 2.74. The summed E-state index contributed by atoms with van der Waals surface area (Å²) in [6.07, 6.45) is 7.93. The fraction of sp³-hybridized carbons (Fsp3) is 0.650. The Morgan fingerprint density at radius 3 is 2.77 bits per heavy atom. The summed E-state index contributed by atoms with van der Waals surface area (Å²) in [5.41, 5.74) is 0.980. The molecule has 26 heavy (non-hydrogen) atoms. The molecule has 0 aliphatic heterocycles. The molecule has 1 amide bonds. The SMILES string of the molecule is CSNC(=O)c1cc(Cl)c(OCC23CC4CC(C)(C2)CC4(C)C3)cc1F. The predicted molar refractivity (Wildman–Crippen MR) is 103 cm³/mol. The Bertz CT molecular complexity index is 770. The summed E-state index contributed by atoms with van der Waals surface area (Å²) >= 11 is 7.40. The second-order valence-corrected chi connectivity index (χ2v) is 10.3.